The van der Waals surface area contributed by atoms with E-state index in [0.29, 0.717) is 18.9 Å². The van der Waals surface area contributed by atoms with Crippen LogP contribution in [-0.2, 0) is 11.2 Å². The minimum Gasteiger partial charge on any atom is -0.494 e. The van der Waals surface area contributed by atoms with Crippen LogP contribution in [-0.4, -0.2) is 30.3 Å². The Morgan fingerprint density at radius 2 is 2.09 bits per heavy atom. The van der Waals surface area contributed by atoms with E-state index in [9.17, 15) is 9.90 Å². The number of carbonyl (C=O) groups is 1. The molecule has 1 fully saturated rings. The quantitative estimate of drug-likeness (QED) is 0.774. The third-order valence-electron chi connectivity index (χ3n) is 4.38. The van der Waals surface area contributed by atoms with Gasteiger partial charge in [-0.2, -0.15) is 0 Å². The summed E-state index contributed by atoms with van der Waals surface area (Å²) in [4.78, 5) is 12.0. The summed E-state index contributed by atoms with van der Waals surface area (Å²) in [7, 11) is 0. The van der Waals surface area contributed by atoms with Crippen LogP contribution in [0.4, 0.5) is 0 Å². The number of hydrogen-bond acceptors (Lipinski definition) is 3. The van der Waals surface area contributed by atoms with Gasteiger partial charge in [-0.25, -0.2) is 0 Å². The summed E-state index contributed by atoms with van der Waals surface area (Å²) in [6, 6.07) is 7.98. The molecule has 0 bridgehead atoms. The molecule has 23 heavy (non-hydrogen) atoms. The molecule has 1 aliphatic carbocycles. The summed E-state index contributed by atoms with van der Waals surface area (Å²) in [5.74, 6) is 1.41. The van der Waals surface area contributed by atoms with Crippen LogP contribution in [0.25, 0.3) is 0 Å². The third kappa shape index (κ3) is 6.61. The van der Waals surface area contributed by atoms with Gasteiger partial charge in [-0.3, -0.25) is 4.79 Å². The van der Waals surface area contributed by atoms with Gasteiger partial charge in [-0.15, -0.1) is 0 Å². The number of benzene rings is 1. The lowest BCUT2D eigenvalue weighted by Gasteiger charge is -2.25. The summed E-state index contributed by atoms with van der Waals surface area (Å²) in [6.07, 6.45) is 5.96. The van der Waals surface area contributed by atoms with Gasteiger partial charge in [0.15, 0.2) is 0 Å². The molecule has 2 unspecified atom stereocenters. The van der Waals surface area contributed by atoms with Gasteiger partial charge in [-0.1, -0.05) is 25.5 Å². The van der Waals surface area contributed by atoms with Crippen LogP contribution in [0.5, 0.6) is 5.75 Å². The fraction of sp³-hybridized carbons (Fsp3) is 0.632. The van der Waals surface area contributed by atoms with Crippen molar-refractivity contribution >= 4 is 5.91 Å². The zero-order chi connectivity index (χ0) is 16.5. The first-order chi connectivity index (χ1) is 11.2. The van der Waals surface area contributed by atoms with Crippen LogP contribution in [0.15, 0.2) is 24.3 Å². The van der Waals surface area contributed by atoms with E-state index in [4.69, 9.17) is 4.74 Å². The number of carbonyl (C=O) groups excluding carboxylic acids is 1. The lowest BCUT2D eigenvalue weighted by molar-refractivity contribution is -0.121. The second-order valence-electron chi connectivity index (χ2n) is 6.48. The Morgan fingerprint density at radius 1 is 1.30 bits per heavy atom. The van der Waals surface area contributed by atoms with Crippen molar-refractivity contribution in [3.05, 3.63) is 29.8 Å². The van der Waals surface area contributed by atoms with Gasteiger partial charge in [-0.05, 0) is 55.7 Å². The van der Waals surface area contributed by atoms with Crippen molar-refractivity contribution in [3.8, 4) is 5.75 Å². The Hall–Kier alpha value is -1.55. The molecule has 0 spiro atoms. The normalized spacial score (nSPS) is 21.0. The molecule has 0 aromatic heterocycles. The highest BCUT2D eigenvalue weighted by Gasteiger charge is 2.20. The van der Waals surface area contributed by atoms with Crippen LogP contribution < -0.4 is 10.1 Å². The monoisotopic (exact) mass is 319 g/mol. The van der Waals surface area contributed by atoms with E-state index in [0.717, 1.165) is 56.4 Å². The van der Waals surface area contributed by atoms with E-state index in [-0.39, 0.29) is 12.0 Å². The minimum absolute atomic E-state index is 0.0939. The number of amides is 1. The molecule has 4 heteroatoms. The molecule has 2 rings (SSSR count). The van der Waals surface area contributed by atoms with Gasteiger partial charge in [0.1, 0.15) is 5.75 Å². The summed E-state index contributed by atoms with van der Waals surface area (Å²) in [6.45, 7) is 3.51. The maximum absolute atomic E-state index is 12.0. The number of rotatable bonds is 8. The van der Waals surface area contributed by atoms with E-state index < -0.39 is 0 Å². The molecule has 1 aromatic carbocycles. The first-order valence-corrected chi connectivity index (χ1v) is 8.84. The molecule has 0 radical (unpaired) electrons. The Bertz CT molecular complexity index is 472. The summed E-state index contributed by atoms with van der Waals surface area (Å²) in [5, 5.41) is 12.7. The third-order valence-corrected chi connectivity index (χ3v) is 4.38. The van der Waals surface area contributed by atoms with Crippen molar-refractivity contribution in [1.82, 2.24) is 5.32 Å². The van der Waals surface area contributed by atoms with Gasteiger partial charge < -0.3 is 15.2 Å². The topological polar surface area (TPSA) is 58.6 Å². The van der Waals surface area contributed by atoms with Crippen LogP contribution in [0.2, 0.25) is 0 Å². The lowest BCUT2D eigenvalue weighted by Crippen LogP contribution is -2.33. The Balaban J connectivity index is 1.65. The maximum Gasteiger partial charge on any atom is 0.220 e. The Kier molecular flexibility index (Phi) is 7.40. The minimum atomic E-state index is -0.181. The number of ether oxygens (including phenoxy) is 1. The largest absolute Gasteiger partial charge is 0.494 e. The lowest BCUT2D eigenvalue weighted by atomic mass is 9.87. The second-order valence-corrected chi connectivity index (χ2v) is 6.48. The van der Waals surface area contributed by atoms with Gasteiger partial charge in [0.05, 0.1) is 12.7 Å². The van der Waals surface area contributed by atoms with E-state index >= 15 is 0 Å². The zero-order valence-corrected chi connectivity index (χ0v) is 14.1. The first-order valence-electron chi connectivity index (χ1n) is 8.84. The van der Waals surface area contributed by atoms with E-state index in [1.165, 1.54) is 0 Å². The fourth-order valence-electron chi connectivity index (χ4n) is 3.02. The number of aliphatic hydroxyl groups excluding tert-OH is 1. The zero-order valence-electron chi connectivity index (χ0n) is 14.1. The van der Waals surface area contributed by atoms with Gasteiger partial charge in [0.25, 0.3) is 0 Å². The highest BCUT2D eigenvalue weighted by molar-refractivity contribution is 5.76. The van der Waals surface area contributed by atoms with Crippen molar-refractivity contribution in [1.29, 1.82) is 0 Å². The highest BCUT2D eigenvalue weighted by atomic mass is 16.5. The molecule has 2 atom stereocenters. The van der Waals surface area contributed by atoms with Crippen molar-refractivity contribution < 1.29 is 14.6 Å². The molecule has 2 N–H and O–H groups in total. The van der Waals surface area contributed by atoms with Crippen LogP contribution in [0, 0.1) is 5.92 Å². The van der Waals surface area contributed by atoms with Crippen LogP contribution >= 0.6 is 0 Å². The van der Waals surface area contributed by atoms with E-state index in [1.54, 1.807) is 0 Å². The van der Waals surface area contributed by atoms with Crippen molar-refractivity contribution in [2.45, 2.75) is 58.0 Å². The van der Waals surface area contributed by atoms with Crippen molar-refractivity contribution in [3.63, 3.8) is 0 Å². The summed E-state index contributed by atoms with van der Waals surface area (Å²) < 4.78 is 5.55. The van der Waals surface area contributed by atoms with Crippen LogP contribution in [0.3, 0.4) is 0 Å². The number of aryl methyl sites for hydroxylation is 1. The smallest absolute Gasteiger partial charge is 0.220 e. The molecule has 1 saturated carbocycles. The molecule has 1 aliphatic rings. The molecule has 128 valence electrons. The highest BCUT2D eigenvalue weighted by Crippen LogP contribution is 2.23. The predicted octanol–water partition coefficient (Wildman–Crippen LogP) is 3.08. The molecular formula is C19H29NO3. The summed E-state index contributed by atoms with van der Waals surface area (Å²) >= 11 is 0. The number of nitrogens with one attached hydrogen (secondary N) is 1. The standard InChI is InChI=1S/C19H29NO3/c1-2-12-23-18-9-6-15(7-10-18)8-11-19(22)20-14-16-4-3-5-17(21)13-16/h6-7,9-10,16-17,21H,2-5,8,11-14H2,1H3,(H,20,22). The Labute approximate surface area is 139 Å². The van der Waals surface area contributed by atoms with Gasteiger partial charge in [0.2, 0.25) is 5.91 Å². The first kappa shape index (κ1) is 17.8. The molecule has 0 heterocycles. The van der Waals surface area contributed by atoms with E-state index in [1.807, 2.05) is 24.3 Å². The Morgan fingerprint density at radius 3 is 2.78 bits per heavy atom. The fourth-order valence-corrected chi connectivity index (χ4v) is 3.02. The summed E-state index contributed by atoms with van der Waals surface area (Å²) in [5.41, 5.74) is 1.15. The molecular weight excluding hydrogens is 290 g/mol. The second kappa shape index (κ2) is 9.56. The van der Waals surface area contributed by atoms with Crippen molar-refractivity contribution in [2.24, 2.45) is 5.92 Å². The molecule has 4 nitrogen and oxygen atoms in total. The molecule has 1 aromatic rings. The van der Waals surface area contributed by atoms with Gasteiger partial charge >= 0.3 is 0 Å². The van der Waals surface area contributed by atoms with E-state index in [2.05, 4.69) is 12.2 Å². The van der Waals surface area contributed by atoms with Gasteiger partial charge in [0, 0.05) is 13.0 Å². The predicted molar refractivity (Wildman–Crippen MR) is 91.5 cm³/mol. The number of hydrogen-bond donors (Lipinski definition) is 2. The average molecular weight is 319 g/mol. The molecule has 0 aliphatic heterocycles. The molecule has 0 saturated heterocycles. The molecule has 1 amide bonds. The SMILES string of the molecule is CCCOc1ccc(CCC(=O)NCC2CCCC(O)C2)cc1. The van der Waals surface area contributed by atoms with Crippen LogP contribution in [0.1, 0.15) is 51.0 Å². The average Bonchev–Trinajstić information content (AvgIpc) is 2.57. The maximum atomic E-state index is 12.0. The van der Waals surface area contributed by atoms with Crippen molar-refractivity contribution in [2.75, 3.05) is 13.2 Å². The number of aliphatic hydroxyl groups is 1.